The molecule has 0 saturated heterocycles. The first-order valence-corrected chi connectivity index (χ1v) is 6.98. The first kappa shape index (κ1) is 17.2. The highest BCUT2D eigenvalue weighted by Gasteiger charge is 2.17. The van der Waals surface area contributed by atoms with Gasteiger partial charge in [-0.2, -0.15) is 0 Å². The number of nitrogens with one attached hydrogen (secondary N) is 3. The van der Waals surface area contributed by atoms with Gasteiger partial charge in [0.1, 0.15) is 17.7 Å². The van der Waals surface area contributed by atoms with Gasteiger partial charge in [0.25, 0.3) is 0 Å². The molecule has 6 nitrogen and oxygen atoms in total. The molecule has 0 heterocycles. The van der Waals surface area contributed by atoms with Crippen molar-refractivity contribution in [1.82, 2.24) is 5.32 Å². The van der Waals surface area contributed by atoms with E-state index in [1.165, 1.54) is 31.2 Å². The Hall–Kier alpha value is -3.16. The number of hydrogen-bond acceptors (Lipinski definition) is 3. The molecule has 0 aliphatic heterocycles. The maximum absolute atomic E-state index is 13.7. The normalized spacial score (nSPS) is 11.5. The topological polar surface area (TPSA) is 90.5 Å². The fraction of sp³-hybridized carbons (Fsp3) is 0.125. The molecule has 0 bridgehead atoms. The predicted octanol–water partition coefficient (Wildman–Crippen LogP) is 3.30. The quantitative estimate of drug-likeness (QED) is 0.675. The summed E-state index contributed by atoms with van der Waals surface area (Å²) in [5.74, 6) is -1.76. The molecule has 0 aliphatic rings. The van der Waals surface area contributed by atoms with E-state index in [0.717, 1.165) is 12.1 Å². The van der Waals surface area contributed by atoms with Crippen LogP contribution in [-0.4, -0.2) is 23.1 Å². The molecule has 1 atom stereocenters. The van der Waals surface area contributed by atoms with Crippen molar-refractivity contribution in [1.29, 1.82) is 0 Å². The van der Waals surface area contributed by atoms with Crippen LogP contribution in [0.3, 0.4) is 0 Å². The van der Waals surface area contributed by atoms with E-state index >= 15 is 0 Å². The SMILES string of the molecule is C[C@H](NC(=O)O)C(=O)Nc1ccc(F)cc1Nc1ccccc1F. The summed E-state index contributed by atoms with van der Waals surface area (Å²) < 4.78 is 27.2. The Morgan fingerprint density at radius 2 is 1.75 bits per heavy atom. The van der Waals surface area contributed by atoms with E-state index in [1.54, 1.807) is 6.07 Å². The van der Waals surface area contributed by atoms with Crippen LogP contribution in [0, 0.1) is 11.6 Å². The van der Waals surface area contributed by atoms with Gasteiger partial charge in [-0.05, 0) is 37.3 Å². The van der Waals surface area contributed by atoms with Gasteiger partial charge in [0.05, 0.1) is 17.1 Å². The third-order valence-corrected chi connectivity index (χ3v) is 3.12. The second-order valence-corrected chi connectivity index (χ2v) is 4.96. The van der Waals surface area contributed by atoms with Crippen LogP contribution < -0.4 is 16.0 Å². The molecule has 0 saturated carbocycles. The minimum Gasteiger partial charge on any atom is -0.465 e. The van der Waals surface area contributed by atoms with Crippen molar-refractivity contribution >= 4 is 29.1 Å². The number of amides is 2. The maximum Gasteiger partial charge on any atom is 0.405 e. The molecule has 24 heavy (non-hydrogen) atoms. The molecule has 126 valence electrons. The number of halogens is 2. The smallest absolute Gasteiger partial charge is 0.405 e. The molecular weight excluding hydrogens is 320 g/mol. The van der Waals surface area contributed by atoms with Crippen LogP contribution in [0.25, 0.3) is 0 Å². The van der Waals surface area contributed by atoms with Crippen molar-refractivity contribution in [2.75, 3.05) is 10.6 Å². The molecule has 0 fully saturated rings. The van der Waals surface area contributed by atoms with Gasteiger partial charge in [-0.15, -0.1) is 0 Å². The second kappa shape index (κ2) is 7.40. The Balaban J connectivity index is 2.23. The van der Waals surface area contributed by atoms with Crippen molar-refractivity contribution in [3.05, 3.63) is 54.1 Å². The highest BCUT2D eigenvalue weighted by atomic mass is 19.1. The third kappa shape index (κ3) is 4.42. The number of anilines is 3. The van der Waals surface area contributed by atoms with Crippen molar-refractivity contribution in [2.45, 2.75) is 13.0 Å². The summed E-state index contributed by atoms with van der Waals surface area (Å²) in [7, 11) is 0. The van der Waals surface area contributed by atoms with Crippen molar-refractivity contribution in [3.63, 3.8) is 0 Å². The Bertz CT molecular complexity index is 768. The number of carboxylic acid groups (broad SMARTS) is 1. The Morgan fingerprint density at radius 3 is 2.42 bits per heavy atom. The van der Waals surface area contributed by atoms with Crippen LogP contribution in [0.2, 0.25) is 0 Å². The van der Waals surface area contributed by atoms with Gasteiger partial charge in [-0.3, -0.25) is 4.79 Å². The van der Waals surface area contributed by atoms with Crippen LogP contribution in [0.4, 0.5) is 30.6 Å². The zero-order valence-corrected chi connectivity index (χ0v) is 12.6. The predicted molar refractivity (Wildman–Crippen MR) is 85.3 cm³/mol. The summed E-state index contributed by atoms with van der Waals surface area (Å²) in [6.45, 7) is 1.36. The molecule has 8 heteroatoms. The molecule has 0 aromatic heterocycles. The zero-order valence-electron chi connectivity index (χ0n) is 12.6. The molecular formula is C16H15F2N3O3. The van der Waals surface area contributed by atoms with Gasteiger partial charge in [-0.25, -0.2) is 13.6 Å². The number of hydrogen-bond donors (Lipinski definition) is 4. The first-order chi connectivity index (χ1) is 11.4. The largest absolute Gasteiger partial charge is 0.465 e. The fourth-order valence-corrected chi connectivity index (χ4v) is 1.93. The number of carbonyl (C=O) groups excluding carboxylic acids is 1. The number of benzene rings is 2. The van der Waals surface area contributed by atoms with Gasteiger partial charge in [0, 0.05) is 0 Å². The van der Waals surface area contributed by atoms with Gasteiger partial charge >= 0.3 is 6.09 Å². The molecule has 0 radical (unpaired) electrons. The maximum atomic E-state index is 13.7. The lowest BCUT2D eigenvalue weighted by Gasteiger charge is -2.16. The van der Waals surface area contributed by atoms with Gasteiger partial charge in [-0.1, -0.05) is 12.1 Å². The van der Waals surface area contributed by atoms with E-state index in [-0.39, 0.29) is 17.1 Å². The molecule has 4 N–H and O–H groups in total. The van der Waals surface area contributed by atoms with E-state index in [2.05, 4.69) is 10.6 Å². The number of carbonyl (C=O) groups is 2. The third-order valence-electron chi connectivity index (χ3n) is 3.12. The Labute approximate surface area is 136 Å². The fourth-order valence-electron chi connectivity index (χ4n) is 1.93. The highest BCUT2D eigenvalue weighted by molar-refractivity contribution is 5.99. The van der Waals surface area contributed by atoms with Crippen LogP contribution in [0.5, 0.6) is 0 Å². The Kier molecular flexibility index (Phi) is 5.31. The molecule has 2 amide bonds. The molecule has 2 aromatic carbocycles. The van der Waals surface area contributed by atoms with Gasteiger partial charge in [0.2, 0.25) is 5.91 Å². The number of para-hydroxylation sites is 1. The van der Waals surface area contributed by atoms with Crippen LogP contribution in [0.15, 0.2) is 42.5 Å². The van der Waals surface area contributed by atoms with E-state index < -0.39 is 29.7 Å². The lowest BCUT2D eigenvalue weighted by molar-refractivity contribution is -0.117. The monoisotopic (exact) mass is 335 g/mol. The zero-order chi connectivity index (χ0) is 17.7. The van der Waals surface area contributed by atoms with E-state index in [9.17, 15) is 18.4 Å². The van der Waals surface area contributed by atoms with Crippen molar-refractivity contribution in [2.24, 2.45) is 0 Å². The summed E-state index contributed by atoms with van der Waals surface area (Å²) in [6.07, 6.45) is -1.35. The van der Waals surface area contributed by atoms with Crippen LogP contribution in [0.1, 0.15) is 6.92 Å². The van der Waals surface area contributed by atoms with Crippen molar-refractivity contribution in [3.8, 4) is 0 Å². The average Bonchev–Trinajstić information content (AvgIpc) is 2.51. The molecule has 0 spiro atoms. The Morgan fingerprint density at radius 1 is 1.04 bits per heavy atom. The average molecular weight is 335 g/mol. The molecule has 2 aromatic rings. The van der Waals surface area contributed by atoms with Gasteiger partial charge in [0.15, 0.2) is 0 Å². The summed E-state index contributed by atoms with van der Waals surface area (Å²) >= 11 is 0. The van der Waals surface area contributed by atoms with Crippen LogP contribution in [-0.2, 0) is 4.79 Å². The molecule has 0 aliphatic carbocycles. The van der Waals surface area contributed by atoms with E-state index in [4.69, 9.17) is 5.11 Å². The standard InChI is InChI=1S/C16H15F2N3O3/c1-9(19-16(23)24)15(22)21-13-7-6-10(17)8-14(13)20-12-5-3-2-4-11(12)18/h2-9,19-20H,1H3,(H,21,22)(H,23,24)/t9-/m0/s1. The van der Waals surface area contributed by atoms with Crippen LogP contribution >= 0.6 is 0 Å². The minimum atomic E-state index is -1.35. The summed E-state index contributed by atoms with van der Waals surface area (Å²) in [6, 6.07) is 8.29. The number of rotatable bonds is 5. The van der Waals surface area contributed by atoms with E-state index in [0.29, 0.717) is 0 Å². The minimum absolute atomic E-state index is 0.107. The lowest BCUT2D eigenvalue weighted by Crippen LogP contribution is -2.40. The van der Waals surface area contributed by atoms with E-state index in [1.807, 2.05) is 5.32 Å². The summed E-state index contributed by atoms with van der Waals surface area (Å²) in [5.41, 5.74) is 0.426. The van der Waals surface area contributed by atoms with Gasteiger partial charge < -0.3 is 21.1 Å². The summed E-state index contributed by atoms with van der Waals surface area (Å²) in [4.78, 5) is 22.5. The molecule has 2 rings (SSSR count). The molecule has 0 unspecified atom stereocenters. The highest BCUT2D eigenvalue weighted by Crippen LogP contribution is 2.28. The lowest BCUT2D eigenvalue weighted by atomic mass is 10.2. The second-order valence-electron chi connectivity index (χ2n) is 4.96. The van der Waals surface area contributed by atoms with Crippen molar-refractivity contribution < 1.29 is 23.5 Å². The summed E-state index contributed by atoms with van der Waals surface area (Å²) in [5, 5.41) is 15.8. The first-order valence-electron chi connectivity index (χ1n) is 6.98.